The molecule has 0 saturated carbocycles. The quantitative estimate of drug-likeness (QED) is 0.622. The number of carbonyl (C=O) groups excluding carboxylic acids is 1. The highest BCUT2D eigenvalue weighted by atomic mass is 16.6. The highest BCUT2D eigenvalue weighted by molar-refractivity contribution is 5.79. The second-order valence-corrected chi connectivity index (χ2v) is 8.47. The van der Waals surface area contributed by atoms with E-state index in [1.807, 2.05) is 36.4 Å². The van der Waals surface area contributed by atoms with E-state index < -0.39 is 5.97 Å². The number of ether oxygens (including phenoxy) is 1. The maximum absolute atomic E-state index is 12.9. The molecule has 1 aliphatic heterocycles. The first kappa shape index (κ1) is 20.3. The average Bonchev–Trinajstić information content (AvgIpc) is 3.14. The van der Waals surface area contributed by atoms with E-state index in [-0.39, 0.29) is 18.4 Å². The van der Waals surface area contributed by atoms with Gasteiger partial charge in [-0.3, -0.25) is 4.79 Å². The number of amides is 1. The lowest BCUT2D eigenvalue weighted by Gasteiger charge is -2.29. The summed E-state index contributed by atoms with van der Waals surface area (Å²) in [6, 6.07) is 22.7. The summed E-state index contributed by atoms with van der Waals surface area (Å²) in [5.74, 6) is -0.732. The fourth-order valence-corrected chi connectivity index (χ4v) is 4.85. The zero-order valence-corrected chi connectivity index (χ0v) is 17.8. The molecule has 1 amide bonds. The normalized spacial score (nSPS) is 14.4. The number of hydrogen-bond acceptors (Lipinski definition) is 3. The second-order valence-electron chi connectivity index (χ2n) is 8.47. The molecule has 0 atom stereocenters. The van der Waals surface area contributed by atoms with Crippen molar-refractivity contribution in [1.82, 2.24) is 4.90 Å². The van der Waals surface area contributed by atoms with Crippen molar-refractivity contribution in [2.24, 2.45) is 0 Å². The summed E-state index contributed by atoms with van der Waals surface area (Å²) in [7, 11) is 0. The predicted octanol–water partition coefficient (Wildman–Crippen LogP) is 5.01. The summed E-state index contributed by atoms with van der Waals surface area (Å²) in [5.41, 5.74) is 8.17. The van der Waals surface area contributed by atoms with E-state index in [1.54, 1.807) is 4.90 Å². The molecule has 0 unspecified atom stereocenters. The van der Waals surface area contributed by atoms with Gasteiger partial charge in [-0.25, -0.2) is 4.79 Å². The standard InChI is InChI=1S/C27H25NO4/c29-26(30)12-10-18-9-11-20-16-28(14-13-19(20)15-18)27(31)32-17-25-23-7-3-1-5-21(23)22-6-2-4-8-24(22)25/h1-9,11,15,25H,10,12-14,16-17H2,(H,29,30). The molecule has 0 aromatic heterocycles. The molecule has 32 heavy (non-hydrogen) atoms. The van der Waals surface area contributed by atoms with Crippen LogP contribution in [0.15, 0.2) is 66.7 Å². The van der Waals surface area contributed by atoms with Crippen LogP contribution in [0.2, 0.25) is 0 Å². The molecule has 3 aromatic carbocycles. The van der Waals surface area contributed by atoms with Gasteiger partial charge in [0.1, 0.15) is 6.61 Å². The number of carboxylic acid groups (broad SMARTS) is 1. The summed E-state index contributed by atoms with van der Waals surface area (Å²) in [6.45, 7) is 1.45. The Labute approximate surface area is 187 Å². The first-order chi connectivity index (χ1) is 15.6. The van der Waals surface area contributed by atoms with Crippen LogP contribution >= 0.6 is 0 Å². The summed E-state index contributed by atoms with van der Waals surface area (Å²) < 4.78 is 5.80. The van der Waals surface area contributed by atoms with Gasteiger partial charge < -0.3 is 14.7 Å². The summed E-state index contributed by atoms with van der Waals surface area (Å²) in [5, 5.41) is 8.89. The van der Waals surface area contributed by atoms with E-state index in [1.165, 1.54) is 27.8 Å². The third-order valence-corrected chi connectivity index (χ3v) is 6.50. The van der Waals surface area contributed by atoms with Crippen molar-refractivity contribution in [3.8, 4) is 11.1 Å². The summed E-state index contributed by atoms with van der Waals surface area (Å²) >= 11 is 0. The van der Waals surface area contributed by atoms with E-state index in [4.69, 9.17) is 9.84 Å². The van der Waals surface area contributed by atoms with Gasteiger partial charge in [0.15, 0.2) is 0 Å². The van der Waals surface area contributed by atoms with Gasteiger partial charge in [0.25, 0.3) is 0 Å². The van der Waals surface area contributed by atoms with Gasteiger partial charge in [-0.1, -0.05) is 66.7 Å². The summed E-state index contributed by atoms with van der Waals surface area (Å²) in [6.07, 6.45) is 1.12. The van der Waals surface area contributed by atoms with E-state index in [0.717, 1.165) is 17.5 Å². The Morgan fingerprint density at radius 2 is 1.62 bits per heavy atom. The molecule has 5 heteroatoms. The number of hydrogen-bond donors (Lipinski definition) is 1. The minimum Gasteiger partial charge on any atom is -0.481 e. The van der Waals surface area contributed by atoms with Crippen LogP contribution in [0.4, 0.5) is 4.79 Å². The zero-order valence-electron chi connectivity index (χ0n) is 17.8. The Kier molecular flexibility index (Phi) is 5.39. The lowest BCUT2D eigenvalue weighted by molar-refractivity contribution is -0.136. The molecule has 162 valence electrons. The molecule has 1 N–H and O–H groups in total. The molecule has 0 spiro atoms. The van der Waals surface area contributed by atoms with Gasteiger partial charge in [0, 0.05) is 25.4 Å². The van der Waals surface area contributed by atoms with Gasteiger partial charge in [0.2, 0.25) is 0 Å². The molecule has 2 aliphatic rings. The maximum Gasteiger partial charge on any atom is 0.410 e. The van der Waals surface area contributed by atoms with Crippen LogP contribution in [0.25, 0.3) is 11.1 Å². The lowest BCUT2D eigenvalue weighted by atomic mass is 9.96. The topological polar surface area (TPSA) is 66.8 Å². The minimum atomic E-state index is -0.788. The molecule has 0 bridgehead atoms. The monoisotopic (exact) mass is 427 g/mol. The number of aliphatic carboxylic acids is 1. The molecule has 5 rings (SSSR count). The van der Waals surface area contributed by atoms with Crippen LogP contribution in [-0.4, -0.2) is 35.2 Å². The van der Waals surface area contributed by atoms with Crippen molar-refractivity contribution in [3.05, 3.63) is 94.5 Å². The third kappa shape index (κ3) is 3.86. The largest absolute Gasteiger partial charge is 0.481 e. The molecule has 0 saturated heterocycles. The molecule has 0 fully saturated rings. The number of carboxylic acids is 1. The Hall–Kier alpha value is -3.60. The van der Waals surface area contributed by atoms with Crippen molar-refractivity contribution in [3.63, 3.8) is 0 Å². The van der Waals surface area contributed by atoms with Crippen LogP contribution < -0.4 is 0 Å². The minimum absolute atomic E-state index is 0.0558. The number of aryl methyl sites for hydroxylation is 1. The van der Waals surface area contributed by atoms with Gasteiger partial charge >= 0.3 is 12.1 Å². The van der Waals surface area contributed by atoms with Crippen molar-refractivity contribution in [2.75, 3.05) is 13.2 Å². The lowest BCUT2D eigenvalue weighted by Crippen LogP contribution is -2.37. The first-order valence-corrected chi connectivity index (χ1v) is 11.0. The van der Waals surface area contributed by atoms with Gasteiger partial charge in [0.05, 0.1) is 0 Å². The SMILES string of the molecule is O=C(O)CCc1ccc2c(c1)CCN(C(=O)OCC1c3ccccc3-c3ccccc31)C2. The number of nitrogens with zero attached hydrogens (tertiary/aromatic N) is 1. The van der Waals surface area contributed by atoms with E-state index in [9.17, 15) is 9.59 Å². The molecular weight excluding hydrogens is 402 g/mol. The van der Waals surface area contributed by atoms with Gasteiger partial charge in [-0.05, 0) is 51.8 Å². The summed E-state index contributed by atoms with van der Waals surface area (Å²) in [4.78, 5) is 25.4. The van der Waals surface area contributed by atoms with E-state index >= 15 is 0 Å². The zero-order chi connectivity index (χ0) is 22.1. The van der Waals surface area contributed by atoms with Crippen LogP contribution in [0.1, 0.15) is 40.2 Å². The Bertz CT molecular complexity index is 1140. The van der Waals surface area contributed by atoms with Crippen molar-refractivity contribution < 1.29 is 19.4 Å². The van der Waals surface area contributed by atoms with E-state index in [0.29, 0.717) is 26.1 Å². The Balaban J connectivity index is 1.25. The third-order valence-electron chi connectivity index (χ3n) is 6.50. The Morgan fingerprint density at radius 1 is 0.938 bits per heavy atom. The number of rotatable bonds is 5. The number of fused-ring (bicyclic) bond motifs is 4. The second kappa shape index (κ2) is 8.50. The molecular formula is C27H25NO4. The average molecular weight is 428 g/mol. The molecule has 3 aromatic rings. The van der Waals surface area contributed by atoms with Crippen LogP contribution in [0.5, 0.6) is 0 Å². The molecule has 1 aliphatic carbocycles. The highest BCUT2D eigenvalue weighted by Gasteiger charge is 2.30. The molecule has 0 radical (unpaired) electrons. The van der Waals surface area contributed by atoms with Crippen molar-refractivity contribution in [2.45, 2.75) is 31.7 Å². The predicted molar refractivity (Wildman–Crippen MR) is 122 cm³/mol. The highest BCUT2D eigenvalue weighted by Crippen LogP contribution is 2.44. The number of carbonyl (C=O) groups is 2. The van der Waals surface area contributed by atoms with Crippen LogP contribution in [0.3, 0.4) is 0 Å². The van der Waals surface area contributed by atoms with Crippen LogP contribution in [0, 0.1) is 0 Å². The Morgan fingerprint density at radius 3 is 2.31 bits per heavy atom. The fourth-order valence-electron chi connectivity index (χ4n) is 4.85. The van der Waals surface area contributed by atoms with Crippen molar-refractivity contribution >= 4 is 12.1 Å². The fraction of sp³-hybridized carbons (Fsp3) is 0.259. The number of benzene rings is 3. The van der Waals surface area contributed by atoms with Crippen LogP contribution in [-0.2, 0) is 28.9 Å². The maximum atomic E-state index is 12.9. The first-order valence-electron chi connectivity index (χ1n) is 11.0. The van der Waals surface area contributed by atoms with Crippen molar-refractivity contribution in [1.29, 1.82) is 0 Å². The smallest absolute Gasteiger partial charge is 0.410 e. The molecule has 1 heterocycles. The van der Waals surface area contributed by atoms with Gasteiger partial charge in [-0.15, -0.1) is 0 Å². The van der Waals surface area contributed by atoms with Gasteiger partial charge in [-0.2, -0.15) is 0 Å². The molecule has 5 nitrogen and oxygen atoms in total. The van der Waals surface area contributed by atoms with E-state index in [2.05, 4.69) is 30.3 Å².